The first-order valence-electron chi connectivity index (χ1n) is 20.1. The normalized spacial score (nSPS) is 11.7. The lowest BCUT2D eigenvalue weighted by Crippen LogP contribution is -1.97. The quantitative estimate of drug-likeness (QED) is 0.168. The highest BCUT2D eigenvalue weighted by Gasteiger charge is 2.18. The van der Waals surface area contributed by atoms with Gasteiger partial charge in [0.15, 0.2) is 5.82 Å². The fourth-order valence-corrected chi connectivity index (χ4v) is 11.2. The van der Waals surface area contributed by atoms with Crippen LogP contribution < -0.4 is 0 Å². The summed E-state index contributed by atoms with van der Waals surface area (Å²) in [4.78, 5) is 15.0. The molecule has 12 rings (SSSR count). The van der Waals surface area contributed by atoms with E-state index in [2.05, 4.69) is 187 Å². The summed E-state index contributed by atoms with van der Waals surface area (Å²) < 4.78 is 5.17. The number of pyridine rings is 1. The van der Waals surface area contributed by atoms with Crippen LogP contribution in [0.2, 0.25) is 0 Å². The van der Waals surface area contributed by atoms with Crippen LogP contribution in [0, 0.1) is 0 Å². The van der Waals surface area contributed by atoms with Gasteiger partial charge in [0.05, 0.1) is 11.4 Å². The smallest absolute Gasteiger partial charge is 0.160 e. The first-order chi connectivity index (χ1) is 29.7. The van der Waals surface area contributed by atoms with E-state index in [9.17, 15) is 0 Å². The Morgan fingerprint density at radius 1 is 0.333 bits per heavy atom. The van der Waals surface area contributed by atoms with E-state index in [0.717, 1.165) is 50.2 Å². The fraction of sp³-hybridized carbons (Fsp3) is 0. The van der Waals surface area contributed by atoms with Crippen LogP contribution in [0.25, 0.3) is 118 Å². The molecule has 0 fully saturated rings. The molecule has 0 spiro atoms. The highest BCUT2D eigenvalue weighted by molar-refractivity contribution is 7.26. The third-order valence-corrected chi connectivity index (χ3v) is 14.0. The molecule has 0 radical (unpaired) electrons. The Labute approximate surface area is 354 Å². The van der Waals surface area contributed by atoms with E-state index in [1.807, 2.05) is 41.1 Å². The van der Waals surface area contributed by atoms with Crippen molar-refractivity contribution in [3.63, 3.8) is 0 Å². The van der Waals surface area contributed by atoms with Crippen molar-refractivity contribution in [2.24, 2.45) is 0 Å². The molecule has 60 heavy (non-hydrogen) atoms. The van der Waals surface area contributed by atoms with Crippen LogP contribution in [0.4, 0.5) is 0 Å². The molecular formula is C55H33N3S2. The monoisotopic (exact) mass is 799 g/mol. The summed E-state index contributed by atoms with van der Waals surface area (Å²) in [7, 11) is 0. The summed E-state index contributed by atoms with van der Waals surface area (Å²) in [6.45, 7) is 0. The zero-order valence-electron chi connectivity index (χ0n) is 32.2. The van der Waals surface area contributed by atoms with Gasteiger partial charge in [-0.05, 0) is 81.2 Å². The van der Waals surface area contributed by atoms with Crippen molar-refractivity contribution in [1.29, 1.82) is 0 Å². The molecule has 280 valence electrons. The summed E-state index contributed by atoms with van der Waals surface area (Å²) in [5.74, 6) is 0.685. The molecule has 0 amide bonds. The van der Waals surface area contributed by atoms with Gasteiger partial charge in [0.25, 0.3) is 0 Å². The molecule has 0 aliphatic heterocycles. The minimum atomic E-state index is 0.685. The molecule has 0 aliphatic carbocycles. The first kappa shape index (κ1) is 34.7. The molecule has 12 aromatic rings. The van der Waals surface area contributed by atoms with Crippen molar-refractivity contribution in [3.8, 4) is 67.3 Å². The Bertz CT molecular complexity index is 3470. The van der Waals surface area contributed by atoms with Gasteiger partial charge in [0.1, 0.15) is 0 Å². The standard InChI is InChI=1S/C55H33N3S2/c1-2-11-35(12-3-1)49-32-50(58-55(57-49)36-25-23-34(24-26-36)41-16-8-13-37-33-56-28-27-42(37)41)40-30-38(43-17-9-19-47-45-14-4-6-21-51(45)59-53(43)47)29-39(31-40)44-18-10-20-48-46-15-5-7-22-52(46)60-54(44)48/h1-33H. The van der Waals surface area contributed by atoms with E-state index in [1.165, 1.54) is 62.4 Å². The van der Waals surface area contributed by atoms with Gasteiger partial charge < -0.3 is 0 Å². The lowest BCUT2D eigenvalue weighted by molar-refractivity contribution is 1.18. The minimum absolute atomic E-state index is 0.685. The molecule has 0 saturated heterocycles. The molecule has 0 bridgehead atoms. The van der Waals surface area contributed by atoms with E-state index in [-0.39, 0.29) is 0 Å². The predicted molar refractivity (Wildman–Crippen MR) is 256 cm³/mol. The number of thiophene rings is 2. The van der Waals surface area contributed by atoms with E-state index in [1.54, 1.807) is 0 Å². The summed E-state index contributed by atoms with van der Waals surface area (Å²) in [6, 6.07) is 67.7. The van der Waals surface area contributed by atoms with Crippen molar-refractivity contribution in [1.82, 2.24) is 15.0 Å². The lowest BCUT2D eigenvalue weighted by atomic mass is 9.93. The summed E-state index contributed by atoms with van der Waals surface area (Å²) in [5.41, 5.74) is 11.9. The molecular weight excluding hydrogens is 767 g/mol. The zero-order valence-corrected chi connectivity index (χ0v) is 33.8. The molecule has 0 atom stereocenters. The van der Waals surface area contributed by atoms with Crippen molar-refractivity contribution >= 4 is 73.8 Å². The summed E-state index contributed by atoms with van der Waals surface area (Å²) >= 11 is 3.73. The second-order valence-corrected chi connectivity index (χ2v) is 17.3. The molecule has 0 N–H and O–H groups in total. The van der Waals surface area contributed by atoms with Crippen LogP contribution in [0.5, 0.6) is 0 Å². The first-order valence-corrected chi connectivity index (χ1v) is 21.7. The number of hydrogen-bond acceptors (Lipinski definition) is 5. The van der Waals surface area contributed by atoms with Gasteiger partial charge in [-0.15, -0.1) is 22.7 Å². The Hall–Kier alpha value is -7.31. The van der Waals surface area contributed by atoms with Gasteiger partial charge in [-0.2, -0.15) is 0 Å². The van der Waals surface area contributed by atoms with E-state index in [4.69, 9.17) is 9.97 Å². The van der Waals surface area contributed by atoms with Gasteiger partial charge in [0.2, 0.25) is 0 Å². The molecule has 5 heteroatoms. The largest absolute Gasteiger partial charge is 0.264 e. The van der Waals surface area contributed by atoms with Gasteiger partial charge >= 0.3 is 0 Å². The number of benzene rings is 8. The van der Waals surface area contributed by atoms with Crippen molar-refractivity contribution in [2.75, 3.05) is 0 Å². The van der Waals surface area contributed by atoms with Gasteiger partial charge in [-0.3, -0.25) is 4.98 Å². The number of fused-ring (bicyclic) bond motifs is 7. The fourth-order valence-electron chi connectivity index (χ4n) is 8.69. The topological polar surface area (TPSA) is 38.7 Å². The number of nitrogens with zero attached hydrogens (tertiary/aromatic N) is 3. The second-order valence-electron chi connectivity index (χ2n) is 15.2. The Kier molecular flexibility index (Phi) is 8.22. The number of rotatable bonds is 6. The minimum Gasteiger partial charge on any atom is -0.264 e. The summed E-state index contributed by atoms with van der Waals surface area (Å²) in [6.07, 6.45) is 3.78. The third-order valence-electron chi connectivity index (χ3n) is 11.6. The van der Waals surface area contributed by atoms with Crippen LogP contribution >= 0.6 is 22.7 Å². The highest BCUT2D eigenvalue weighted by Crippen LogP contribution is 2.45. The SMILES string of the molecule is c1ccc(-c2cc(-c3cc(-c4cccc5c4sc4ccccc45)cc(-c4cccc5c4sc4ccccc45)c3)nc(-c3ccc(-c4cccc5cnccc45)cc3)n2)cc1. The van der Waals surface area contributed by atoms with Gasteiger partial charge in [0, 0.05) is 74.8 Å². The lowest BCUT2D eigenvalue weighted by Gasteiger charge is -2.14. The van der Waals surface area contributed by atoms with Crippen LogP contribution in [0.3, 0.4) is 0 Å². The third kappa shape index (κ3) is 5.90. The van der Waals surface area contributed by atoms with Crippen molar-refractivity contribution in [2.45, 2.75) is 0 Å². The molecule has 8 aromatic carbocycles. The average Bonchev–Trinajstić information content (AvgIpc) is 3.90. The molecule has 4 aromatic heterocycles. The van der Waals surface area contributed by atoms with Crippen LogP contribution in [-0.4, -0.2) is 15.0 Å². The Morgan fingerprint density at radius 2 is 0.867 bits per heavy atom. The molecule has 0 aliphatic rings. The maximum atomic E-state index is 5.40. The van der Waals surface area contributed by atoms with E-state index >= 15 is 0 Å². The second kappa shape index (κ2) is 14.2. The van der Waals surface area contributed by atoms with Gasteiger partial charge in [-0.1, -0.05) is 146 Å². The van der Waals surface area contributed by atoms with Gasteiger partial charge in [-0.25, -0.2) is 9.97 Å². The van der Waals surface area contributed by atoms with Crippen molar-refractivity contribution < 1.29 is 0 Å². The van der Waals surface area contributed by atoms with Crippen LogP contribution in [-0.2, 0) is 0 Å². The molecule has 4 heterocycles. The van der Waals surface area contributed by atoms with E-state index < -0.39 is 0 Å². The molecule has 3 nitrogen and oxygen atoms in total. The summed E-state index contributed by atoms with van der Waals surface area (Å²) in [5, 5.41) is 7.45. The number of aromatic nitrogens is 3. The number of hydrogen-bond donors (Lipinski definition) is 0. The average molecular weight is 800 g/mol. The zero-order chi connectivity index (χ0) is 39.6. The maximum Gasteiger partial charge on any atom is 0.160 e. The van der Waals surface area contributed by atoms with Crippen molar-refractivity contribution in [3.05, 3.63) is 200 Å². The Morgan fingerprint density at radius 3 is 1.53 bits per heavy atom. The van der Waals surface area contributed by atoms with Crippen LogP contribution in [0.1, 0.15) is 0 Å². The predicted octanol–water partition coefficient (Wildman–Crippen LogP) is 15.8. The maximum absolute atomic E-state index is 5.40. The Balaban J connectivity index is 1.07. The highest BCUT2D eigenvalue weighted by atomic mass is 32.1. The molecule has 0 saturated carbocycles. The molecule has 0 unspecified atom stereocenters. The van der Waals surface area contributed by atoms with Crippen LogP contribution in [0.15, 0.2) is 200 Å². The van der Waals surface area contributed by atoms with E-state index in [0.29, 0.717) is 5.82 Å².